The maximum Gasteiger partial charge on any atom is 0.346 e. The van der Waals surface area contributed by atoms with Crippen molar-refractivity contribution in [1.82, 2.24) is 21.3 Å². The first-order valence-electron chi connectivity index (χ1n) is 13.1. The van der Waals surface area contributed by atoms with E-state index in [0.717, 1.165) is 5.56 Å². The molecule has 5 aliphatic rings. The standard InChI is InChI=1S/C28H28FN5O7/c1-5-27(22(36)30-24(38)32-27)17-10-26(2)11-20(41-19(26)9-18(17)29)28(23(37)31-25(39)33-28)13-34(3)12-14-6-7-15(40-4)8-16(14)21(34)35/h6-11,19H,5,12-13H2,1-4H3,(H3-,30,31,32,33,36,37,38,39)/p+1. The normalized spacial score (nSPS) is 35.4. The van der Waals surface area contributed by atoms with Crippen molar-refractivity contribution >= 4 is 29.8 Å². The number of carbonyl (C=O) groups is 5. The molecule has 2 saturated heterocycles. The predicted molar refractivity (Wildman–Crippen MR) is 140 cm³/mol. The zero-order valence-corrected chi connectivity index (χ0v) is 22.8. The molecule has 4 N–H and O–H groups in total. The first-order valence-corrected chi connectivity index (χ1v) is 13.1. The van der Waals surface area contributed by atoms with Crippen molar-refractivity contribution in [3.63, 3.8) is 0 Å². The second-order valence-corrected chi connectivity index (χ2v) is 11.5. The predicted octanol–water partition coefficient (Wildman–Crippen LogP) is 1.44. The molecule has 2 fully saturated rings. The van der Waals surface area contributed by atoms with Crippen molar-refractivity contribution in [2.24, 2.45) is 5.41 Å². The molecular weight excluding hydrogens is 537 g/mol. The number of hydrogen-bond donors (Lipinski definition) is 4. The number of hydrogen-bond acceptors (Lipinski definition) is 7. The van der Waals surface area contributed by atoms with Crippen molar-refractivity contribution < 1.29 is 42.3 Å². The van der Waals surface area contributed by atoms with Crippen LogP contribution in [0.25, 0.3) is 0 Å². The molecule has 0 aromatic heterocycles. The number of benzene rings is 1. The largest absolute Gasteiger partial charge is 0.497 e. The van der Waals surface area contributed by atoms with E-state index in [1.165, 1.54) is 19.3 Å². The molecule has 1 aromatic rings. The maximum atomic E-state index is 15.6. The molecule has 0 bridgehead atoms. The third-order valence-corrected chi connectivity index (χ3v) is 8.76. The van der Waals surface area contributed by atoms with Crippen LogP contribution in [-0.4, -0.2) is 72.2 Å². The summed E-state index contributed by atoms with van der Waals surface area (Å²) in [7, 11) is 3.17. The number of quaternary nitrogens is 1. The lowest BCUT2D eigenvalue weighted by atomic mass is 9.73. The number of likely N-dealkylation sites (N-methyl/N-ethyl adjacent to an activating group) is 1. The zero-order chi connectivity index (χ0) is 29.5. The van der Waals surface area contributed by atoms with Gasteiger partial charge in [0.2, 0.25) is 5.54 Å². The van der Waals surface area contributed by atoms with Crippen LogP contribution >= 0.6 is 0 Å². The Bertz CT molecular complexity index is 1570. The Kier molecular flexibility index (Phi) is 5.53. The number of amides is 7. The van der Waals surface area contributed by atoms with E-state index in [9.17, 15) is 24.0 Å². The fourth-order valence-electron chi connectivity index (χ4n) is 6.54. The molecule has 4 aliphatic heterocycles. The summed E-state index contributed by atoms with van der Waals surface area (Å²) < 4.78 is 26.8. The van der Waals surface area contributed by atoms with Gasteiger partial charge >= 0.3 is 18.0 Å². The van der Waals surface area contributed by atoms with Crippen LogP contribution in [0.1, 0.15) is 36.2 Å². The van der Waals surface area contributed by atoms with Gasteiger partial charge in [0.15, 0.2) is 0 Å². The van der Waals surface area contributed by atoms with Crippen LogP contribution in [0.15, 0.2) is 53.6 Å². The lowest BCUT2D eigenvalue weighted by Crippen LogP contribution is -2.62. The summed E-state index contributed by atoms with van der Waals surface area (Å²) in [4.78, 5) is 64.4. The Morgan fingerprint density at radius 1 is 1.05 bits per heavy atom. The van der Waals surface area contributed by atoms with E-state index in [-0.39, 0.29) is 41.2 Å². The Labute approximate surface area is 234 Å². The second-order valence-electron chi connectivity index (χ2n) is 11.5. The summed E-state index contributed by atoms with van der Waals surface area (Å²) in [6.07, 6.45) is 3.46. The highest BCUT2D eigenvalue weighted by Crippen LogP contribution is 2.49. The molecule has 214 valence electrons. The van der Waals surface area contributed by atoms with Gasteiger partial charge in [-0.3, -0.25) is 24.7 Å². The van der Waals surface area contributed by atoms with Gasteiger partial charge in [-0.2, -0.15) is 0 Å². The summed E-state index contributed by atoms with van der Waals surface area (Å²) in [6, 6.07) is 3.69. The van der Waals surface area contributed by atoms with Crippen LogP contribution in [0.3, 0.4) is 0 Å². The smallest absolute Gasteiger partial charge is 0.346 e. The van der Waals surface area contributed by atoms with E-state index in [4.69, 9.17) is 9.47 Å². The molecule has 12 nitrogen and oxygen atoms in total. The highest BCUT2D eigenvalue weighted by Gasteiger charge is 2.62. The number of urea groups is 2. The third-order valence-electron chi connectivity index (χ3n) is 8.76. The molecule has 6 rings (SSSR count). The second kappa shape index (κ2) is 8.49. The Morgan fingerprint density at radius 3 is 2.29 bits per heavy atom. The van der Waals surface area contributed by atoms with E-state index in [1.807, 2.05) is 0 Å². The molecule has 5 unspecified atom stereocenters. The van der Waals surface area contributed by atoms with E-state index in [1.54, 1.807) is 45.2 Å². The number of ether oxygens (including phenoxy) is 2. The molecule has 1 aromatic carbocycles. The van der Waals surface area contributed by atoms with Gasteiger partial charge in [0.25, 0.3) is 11.8 Å². The van der Waals surface area contributed by atoms with Crippen LogP contribution < -0.4 is 26.0 Å². The van der Waals surface area contributed by atoms with Crippen LogP contribution in [0.5, 0.6) is 5.75 Å². The molecule has 0 saturated carbocycles. The topological polar surface area (TPSA) is 152 Å². The number of rotatable bonds is 6. The van der Waals surface area contributed by atoms with E-state index < -0.39 is 52.3 Å². The minimum Gasteiger partial charge on any atom is -0.497 e. The summed E-state index contributed by atoms with van der Waals surface area (Å²) >= 11 is 0. The monoisotopic (exact) mass is 566 g/mol. The van der Waals surface area contributed by atoms with Gasteiger partial charge in [-0.1, -0.05) is 13.0 Å². The van der Waals surface area contributed by atoms with E-state index in [0.29, 0.717) is 11.3 Å². The first kappa shape index (κ1) is 26.7. The fourth-order valence-corrected chi connectivity index (χ4v) is 6.54. The van der Waals surface area contributed by atoms with Crippen molar-refractivity contribution in [3.8, 4) is 5.75 Å². The molecule has 7 amide bonds. The molecular formula is C28H29FN5O7+. The summed E-state index contributed by atoms with van der Waals surface area (Å²) in [5, 5.41) is 9.65. The van der Waals surface area contributed by atoms with Crippen molar-refractivity contribution in [1.29, 1.82) is 0 Å². The van der Waals surface area contributed by atoms with Crippen molar-refractivity contribution in [2.75, 3.05) is 20.7 Å². The Hall–Kier alpha value is -4.52. The van der Waals surface area contributed by atoms with Crippen LogP contribution in [0.4, 0.5) is 14.0 Å². The van der Waals surface area contributed by atoms with Gasteiger partial charge in [-0.25, -0.2) is 18.8 Å². The van der Waals surface area contributed by atoms with Gasteiger partial charge in [0.05, 0.1) is 19.7 Å². The number of nitrogens with zero attached hydrogens (tertiary/aromatic N) is 1. The lowest BCUT2D eigenvalue weighted by Gasteiger charge is -2.36. The zero-order valence-electron chi connectivity index (χ0n) is 22.8. The summed E-state index contributed by atoms with van der Waals surface area (Å²) in [5.74, 6) is -1.85. The molecule has 4 heterocycles. The first-order chi connectivity index (χ1) is 19.3. The SMILES string of the molecule is CCC1(C2=CC3(C)C=C(C4(C[N+]5(C)Cc6ccc(OC)cc6C5=O)NC(=O)NC4=O)OC3C=C2F)NC(=O)NC1=O. The summed E-state index contributed by atoms with van der Waals surface area (Å²) in [5.41, 5.74) is -3.29. The minimum absolute atomic E-state index is 0.0322. The minimum atomic E-state index is -1.78. The summed E-state index contributed by atoms with van der Waals surface area (Å²) in [6.45, 7) is 3.45. The van der Waals surface area contributed by atoms with Gasteiger partial charge in [0, 0.05) is 16.6 Å². The number of carbonyl (C=O) groups excluding carboxylic acids is 5. The van der Waals surface area contributed by atoms with Crippen molar-refractivity contribution in [2.45, 2.75) is 44.0 Å². The quantitative estimate of drug-likeness (QED) is 0.300. The van der Waals surface area contributed by atoms with Gasteiger partial charge < -0.3 is 20.1 Å². The van der Waals surface area contributed by atoms with Crippen molar-refractivity contribution in [3.05, 3.63) is 64.7 Å². The lowest BCUT2D eigenvalue weighted by molar-refractivity contribution is -0.840. The van der Waals surface area contributed by atoms with Crippen LogP contribution in [-0.2, 0) is 20.9 Å². The molecule has 13 heteroatoms. The third kappa shape index (κ3) is 3.64. The highest BCUT2D eigenvalue weighted by atomic mass is 19.1. The van der Waals surface area contributed by atoms with Gasteiger partial charge in [0.1, 0.15) is 42.1 Å². The van der Waals surface area contributed by atoms with E-state index >= 15 is 4.39 Å². The highest BCUT2D eigenvalue weighted by molar-refractivity contribution is 6.10. The average Bonchev–Trinajstić information content (AvgIpc) is 3.58. The number of imide groups is 2. The number of fused-ring (bicyclic) bond motifs is 2. The Balaban J connectivity index is 1.41. The molecule has 0 spiro atoms. The number of methoxy groups -OCH3 is 1. The van der Waals surface area contributed by atoms with E-state index in [2.05, 4.69) is 21.3 Å². The van der Waals surface area contributed by atoms with Crippen LogP contribution in [0, 0.1) is 5.41 Å². The maximum absolute atomic E-state index is 15.6. The Morgan fingerprint density at radius 2 is 1.71 bits per heavy atom. The number of nitrogens with one attached hydrogen (secondary N) is 4. The molecule has 0 radical (unpaired) electrons. The van der Waals surface area contributed by atoms with Gasteiger partial charge in [-0.05, 0) is 43.7 Å². The number of halogens is 1. The average molecular weight is 567 g/mol. The van der Waals surface area contributed by atoms with Gasteiger partial charge in [-0.15, -0.1) is 0 Å². The molecule has 1 aliphatic carbocycles. The molecule has 5 atom stereocenters. The van der Waals surface area contributed by atoms with Crippen LogP contribution in [0.2, 0.25) is 0 Å². The molecule has 41 heavy (non-hydrogen) atoms. The fraction of sp³-hybridized carbons (Fsp3) is 0.393.